The molecule has 1 aromatic rings. The summed E-state index contributed by atoms with van der Waals surface area (Å²) in [6.45, 7) is 4.31. The van der Waals surface area contributed by atoms with Gasteiger partial charge in [-0.05, 0) is 30.7 Å². The van der Waals surface area contributed by atoms with Crippen molar-refractivity contribution in [3.63, 3.8) is 0 Å². The molecule has 4 nitrogen and oxygen atoms in total. The molecule has 0 aromatic heterocycles. The smallest absolute Gasteiger partial charge is 0.305 e. The van der Waals surface area contributed by atoms with Crippen molar-refractivity contribution >= 4 is 17.6 Å². The minimum Gasteiger partial charge on any atom is -0.481 e. The summed E-state index contributed by atoms with van der Waals surface area (Å²) in [5.74, 6) is -0.939. The maximum atomic E-state index is 10.8. The van der Waals surface area contributed by atoms with Crippen LogP contribution in [0.2, 0.25) is 5.02 Å². The van der Waals surface area contributed by atoms with Crippen molar-refractivity contribution in [1.82, 2.24) is 5.32 Å². The molecule has 3 N–H and O–H groups in total. The van der Waals surface area contributed by atoms with E-state index in [1.807, 2.05) is 13.8 Å². The second-order valence-corrected chi connectivity index (χ2v) is 4.62. The summed E-state index contributed by atoms with van der Waals surface area (Å²) in [6.07, 6.45) is -0.992. The Morgan fingerprint density at radius 3 is 2.67 bits per heavy atom. The molecule has 0 radical (unpaired) electrons. The van der Waals surface area contributed by atoms with Crippen molar-refractivity contribution in [2.75, 3.05) is 6.54 Å². The number of nitrogens with one attached hydrogen (secondary N) is 1. The first kappa shape index (κ1) is 15.0. The standard InChI is InChI=1S/C13H18ClNO3/c1-3-15-11(7-12(16)17)13(18)9-4-5-10(14)8(2)6-9/h4-6,11,13,15,18H,3,7H2,1-2H3,(H,16,17). The van der Waals surface area contributed by atoms with Gasteiger partial charge in [-0.1, -0.05) is 30.7 Å². The molecule has 0 aliphatic carbocycles. The van der Waals surface area contributed by atoms with Gasteiger partial charge >= 0.3 is 5.97 Å². The minimum absolute atomic E-state index is 0.128. The molecule has 0 heterocycles. The van der Waals surface area contributed by atoms with Crippen molar-refractivity contribution < 1.29 is 15.0 Å². The van der Waals surface area contributed by atoms with Gasteiger partial charge in [-0.3, -0.25) is 4.79 Å². The van der Waals surface area contributed by atoms with Crippen molar-refractivity contribution in [1.29, 1.82) is 0 Å². The van der Waals surface area contributed by atoms with Crippen molar-refractivity contribution in [3.05, 3.63) is 34.3 Å². The van der Waals surface area contributed by atoms with Gasteiger partial charge in [-0.25, -0.2) is 0 Å². The summed E-state index contributed by atoms with van der Waals surface area (Å²) in [5.41, 5.74) is 1.53. The van der Waals surface area contributed by atoms with E-state index in [2.05, 4.69) is 5.32 Å². The molecule has 100 valence electrons. The molecule has 0 amide bonds. The van der Waals surface area contributed by atoms with Crippen LogP contribution in [0.15, 0.2) is 18.2 Å². The fourth-order valence-electron chi connectivity index (χ4n) is 1.83. The molecule has 0 saturated carbocycles. The van der Waals surface area contributed by atoms with E-state index in [0.29, 0.717) is 17.1 Å². The zero-order valence-corrected chi connectivity index (χ0v) is 11.2. The molecule has 1 aromatic carbocycles. The van der Waals surface area contributed by atoms with Crippen LogP contribution in [0.25, 0.3) is 0 Å². The number of aliphatic hydroxyl groups is 1. The summed E-state index contributed by atoms with van der Waals surface area (Å²) in [7, 11) is 0. The maximum absolute atomic E-state index is 10.8. The van der Waals surface area contributed by atoms with Gasteiger partial charge in [0.1, 0.15) is 0 Å². The first-order valence-electron chi connectivity index (χ1n) is 5.85. The highest BCUT2D eigenvalue weighted by Gasteiger charge is 2.22. The van der Waals surface area contributed by atoms with Gasteiger partial charge in [-0.2, -0.15) is 0 Å². The first-order valence-corrected chi connectivity index (χ1v) is 6.22. The largest absolute Gasteiger partial charge is 0.481 e. The number of aryl methyl sites for hydroxylation is 1. The average Bonchev–Trinajstić information content (AvgIpc) is 2.31. The van der Waals surface area contributed by atoms with Crippen LogP contribution in [0.4, 0.5) is 0 Å². The fraction of sp³-hybridized carbons (Fsp3) is 0.462. The zero-order chi connectivity index (χ0) is 13.7. The van der Waals surface area contributed by atoms with E-state index < -0.39 is 18.1 Å². The second-order valence-electron chi connectivity index (χ2n) is 4.22. The van der Waals surface area contributed by atoms with Crippen LogP contribution in [0.5, 0.6) is 0 Å². The van der Waals surface area contributed by atoms with Crippen LogP contribution in [0.1, 0.15) is 30.6 Å². The number of carboxylic acid groups (broad SMARTS) is 1. The van der Waals surface area contributed by atoms with Crippen LogP contribution in [-0.2, 0) is 4.79 Å². The van der Waals surface area contributed by atoms with E-state index >= 15 is 0 Å². The summed E-state index contributed by atoms with van der Waals surface area (Å²) < 4.78 is 0. The number of likely N-dealkylation sites (N-methyl/N-ethyl adjacent to an activating group) is 1. The summed E-state index contributed by atoms with van der Waals surface area (Å²) in [4.78, 5) is 10.8. The molecule has 0 bridgehead atoms. The number of aliphatic carboxylic acids is 1. The lowest BCUT2D eigenvalue weighted by Gasteiger charge is -2.23. The monoisotopic (exact) mass is 271 g/mol. The van der Waals surface area contributed by atoms with Gasteiger partial charge in [0.25, 0.3) is 0 Å². The third kappa shape index (κ3) is 3.98. The minimum atomic E-state index is -0.939. The molecule has 2 unspecified atom stereocenters. The molecule has 5 heteroatoms. The molecule has 0 aliphatic rings. The Hall–Kier alpha value is -1.10. The van der Waals surface area contributed by atoms with Crippen LogP contribution in [0, 0.1) is 6.92 Å². The normalized spacial score (nSPS) is 14.2. The molecule has 0 spiro atoms. The highest BCUT2D eigenvalue weighted by Crippen LogP contribution is 2.24. The number of carbonyl (C=O) groups is 1. The van der Waals surface area contributed by atoms with E-state index in [4.69, 9.17) is 16.7 Å². The lowest BCUT2D eigenvalue weighted by atomic mass is 9.98. The fourth-order valence-corrected chi connectivity index (χ4v) is 1.95. The van der Waals surface area contributed by atoms with Crippen LogP contribution >= 0.6 is 11.6 Å². The highest BCUT2D eigenvalue weighted by molar-refractivity contribution is 6.31. The van der Waals surface area contributed by atoms with Gasteiger partial charge in [-0.15, -0.1) is 0 Å². The zero-order valence-electron chi connectivity index (χ0n) is 10.5. The predicted molar refractivity (Wildman–Crippen MR) is 70.9 cm³/mol. The SMILES string of the molecule is CCNC(CC(=O)O)C(O)c1ccc(Cl)c(C)c1. The lowest BCUT2D eigenvalue weighted by molar-refractivity contribution is -0.138. The second kappa shape index (κ2) is 6.73. The van der Waals surface area contributed by atoms with Gasteiger partial charge < -0.3 is 15.5 Å². The summed E-state index contributed by atoms with van der Waals surface area (Å²) >= 11 is 5.92. The Kier molecular flexibility index (Phi) is 5.59. The maximum Gasteiger partial charge on any atom is 0.305 e. The Labute approximate surface area is 112 Å². The lowest BCUT2D eigenvalue weighted by Crippen LogP contribution is -2.36. The number of hydrogen-bond donors (Lipinski definition) is 3. The van der Waals surface area contributed by atoms with Crippen molar-refractivity contribution in [2.45, 2.75) is 32.4 Å². The van der Waals surface area contributed by atoms with Gasteiger partial charge in [0, 0.05) is 11.1 Å². The number of carboxylic acids is 1. The number of halogens is 1. The van der Waals surface area contributed by atoms with Crippen molar-refractivity contribution in [2.24, 2.45) is 0 Å². The number of hydrogen-bond acceptors (Lipinski definition) is 3. The van der Waals surface area contributed by atoms with E-state index in [9.17, 15) is 9.90 Å². The summed E-state index contributed by atoms with van der Waals surface area (Å²) in [5, 5.41) is 22.7. The molecule has 0 aliphatic heterocycles. The molecule has 0 saturated heterocycles. The number of benzene rings is 1. The highest BCUT2D eigenvalue weighted by atomic mass is 35.5. The quantitative estimate of drug-likeness (QED) is 0.741. The number of rotatable bonds is 6. The van der Waals surface area contributed by atoms with Gasteiger partial charge in [0.2, 0.25) is 0 Å². The molecule has 2 atom stereocenters. The Bertz CT molecular complexity index is 423. The van der Waals surface area contributed by atoms with E-state index in [1.54, 1.807) is 18.2 Å². The van der Waals surface area contributed by atoms with E-state index in [1.165, 1.54) is 0 Å². The molecular formula is C13H18ClNO3. The topological polar surface area (TPSA) is 69.6 Å². The van der Waals surface area contributed by atoms with Gasteiger partial charge in [0.15, 0.2) is 0 Å². The van der Waals surface area contributed by atoms with Crippen molar-refractivity contribution in [3.8, 4) is 0 Å². The predicted octanol–water partition coefficient (Wildman–Crippen LogP) is 2.13. The third-order valence-electron chi connectivity index (χ3n) is 2.77. The van der Waals surface area contributed by atoms with Crippen LogP contribution in [-0.4, -0.2) is 28.8 Å². The molecule has 1 rings (SSSR count). The third-order valence-corrected chi connectivity index (χ3v) is 3.19. The first-order chi connectivity index (χ1) is 8.45. The summed E-state index contributed by atoms with van der Waals surface area (Å²) in [6, 6.07) is 4.69. The Morgan fingerprint density at radius 2 is 2.17 bits per heavy atom. The number of aliphatic hydroxyl groups excluding tert-OH is 1. The van der Waals surface area contributed by atoms with Crippen LogP contribution < -0.4 is 5.32 Å². The average molecular weight is 272 g/mol. The van der Waals surface area contributed by atoms with Crippen LogP contribution in [0.3, 0.4) is 0 Å². The van der Waals surface area contributed by atoms with E-state index in [-0.39, 0.29) is 6.42 Å². The van der Waals surface area contributed by atoms with Gasteiger partial charge in [0.05, 0.1) is 12.5 Å². The molecular weight excluding hydrogens is 254 g/mol. The Morgan fingerprint density at radius 1 is 1.50 bits per heavy atom. The van der Waals surface area contributed by atoms with E-state index in [0.717, 1.165) is 5.56 Å². The molecule has 18 heavy (non-hydrogen) atoms. The molecule has 0 fully saturated rings. The Balaban J connectivity index is 2.89.